The first-order valence-electron chi connectivity index (χ1n) is 15.1. The van der Waals surface area contributed by atoms with Gasteiger partial charge in [0, 0.05) is 38.6 Å². The summed E-state index contributed by atoms with van der Waals surface area (Å²) >= 11 is 1.70. The molecular weight excluding hydrogens is 585 g/mol. The quantitative estimate of drug-likeness (QED) is 0.194. The summed E-state index contributed by atoms with van der Waals surface area (Å²) in [6.45, 7) is 0. The Kier molecular flexibility index (Phi) is 6.25. The predicted molar refractivity (Wildman–Crippen MR) is 187 cm³/mol. The van der Waals surface area contributed by atoms with Crippen LogP contribution >= 0.6 is 11.3 Å². The van der Waals surface area contributed by atoms with E-state index < -0.39 is 0 Å². The molecule has 0 atom stereocenters. The SMILES string of the molecule is c1ccc(-c2nc(-c3ccccc3)nc(-c3cccc4c3oc3c(-c5cccc6sc(-c7ccccc7)nc56)cccc34)n2)cc1. The summed E-state index contributed by atoms with van der Waals surface area (Å²) in [7, 11) is 0. The molecule has 46 heavy (non-hydrogen) atoms. The Labute approximate surface area is 268 Å². The molecule has 3 aromatic heterocycles. The summed E-state index contributed by atoms with van der Waals surface area (Å²) in [5.41, 5.74) is 8.34. The molecule has 0 spiro atoms. The fraction of sp³-hybridized carbons (Fsp3) is 0. The van der Waals surface area contributed by atoms with Gasteiger partial charge in [-0.15, -0.1) is 11.3 Å². The van der Waals surface area contributed by atoms with E-state index in [-0.39, 0.29) is 0 Å². The Balaban J connectivity index is 1.25. The van der Waals surface area contributed by atoms with Gasteiger partial charge in [0.1, 0.15) is 16.2 Å². The van der Waals surface area contributed by atoms with Crippen molar-refractivity contribution >= 4 is 43.5 Å². The highest BCUT2D eigenvalue weighted by molar-refractivity contribution is 7.21. The molecule has 0 fully saturated rings. The van der Waals surface area contributed by atoms with E-state index in [1.54, 1.807) is 11.3 Å². The molecule has 0 amide bonds. The number of para-hydroxylation sites is 3. The van der Waals surface area contributed by atoms with E-state index >= 15 is 0 Å². The molecule has 0 aliphatic heterocycles. The van der Waals surface area contributed by atoms with Gasteiger partial charge in [-0.2, -0.15) is 0 Å². The van der Waals surface area contributed by atoms with Gasteiger partial charge < -0.3 is 4.42 Å². The van der Waals surface area contributed by atoms with E-state index in [0.29, 0.717) is 17.5 Å². The third kappa shape index (κ3) is 4.47. The standard InChI is InChI=1S/C40H24N4OS/c1-4-13-25(14-5-1)37-42-38(26-15-6-2-7-16-26)44-39(43-37)32-23-11-22-31-30-21-10-20-29(35(30)45-36(31)32)28-19-12-24-33-34(28)41-40(46-33)27-17-8-3-9-18-27/h1-24H. The monoisotopic (exact) mass is 608 g/mol. The molecule has 9 rings (SSSR count). The molecule has 216 valence electrons. The van der Waals surface area contributed by atoms with Crippen LogP contribution in [-0.2, 0) is 0 Å². The van der Waals surface area contributed by atoms with E-state index in [2.05, 4.69) is 54.6 Å². The van der Waals surface area contributed by atoms with Gasteiger partial charge in [-0.3, -0.25) is 0 Å². The molecule has 5 nitrogen and oxygen atoms in total. The van der Waals surface area contributed by atoms with Crippen LogP contribution in [0.2, 0.25) is 0 Å². The second-order valence-corrected chi connectivity index (χ2v) is 12.1. The third-order valence-electron chi connectivity index (χ3n) is 8.19. The number of fused-ring (bicyclic) bond motifs is 4. The number of furan rings is 1. The van der Waals surface area contributed by atoms with Crippen molar-refractivity contribution in [2.45, 2.75) is 0 Å². The third-order valence-corrected chi connectivity index (χ3v) is 9.26. The zero-order valence-electron chi connectivity index (χ0n) is 24.5. The molecule has 0 saturated heterocycles. The smallest absolute Gasteiger partial charge is 0.167 e. The molecule has 6 aromatic carbocycles. The van der Waals surface area contributed by atoms with Gasteiger partial charge in [0.15, 0.2) is 17.5 Å². The van der Waals surface area contributed by atoms with E-state index in [4.69, 9.17) is 24.4 Å². The predicted octanol–water partition coefficient (Wildman–Crippen LogP) is 10.7. The lowest BCUT2D eigenvalue weighted by molar-refractivity contribution is 0.670. The highest BCUT2D eigenvalue weighted by Crippen LogP contribution is 2.42. The molecule has 0 aliphatic rings. The molecule has 0 N–H and O–H groups in total. The van der Waals surface area contributed by atoms with Crippen molar-refractivity contribution in [3.05, 3.63) is 146 Å². The van der Waals surface area contributed by atoms with Crippen molar-refractivity contribution < 1.29 is 4.42 Å². The Bertz CT molecular complexity index is 2470. The van der Waals surface area contributed by atoms with Gasteiger partial charge in [0.05, 0.1) is 15.8 Å². The molecular formula is C40H24N4OS. The van der Waals surface area contributed by atoms with Gasteiger partial charge in [-0.25, -0.2) is 19.9 Å². The number of benzene rings is 6. The molecule has 0 unspecified atom stereocenters. The van der Waals surface area contributed by atoms with Crippen molar-refractivity contribution in [1.82, 2.24) is 19.9 Å². The summed E-state index contributed by atoms with van der Waals surface area (Å²) in [4.78, 5) is 19.9. The Morgan fingerprint density at radius 1 is 0.391 bits per heavy atom. The molecule has 0 aliphatic carbocycles. The zero-order valence-corrected chi connectivity index (χ0v) is 25.3. The number of rotatable bonds is 5. The fourth-order valence-electron chi connectivity index (χ4n) is 6.01. The first kappa shape index (κ1) is 26.4. The first-order valence-corrected chi connectivity index (χ1v) is 15.9. The van der Waals surface area contributed by atoms with Crippen LogP contribution in [0.4, 0.5) is 0 Å². The average molecular weight is 609 g/mol. The first-order chi connectivity index (χ1) is 22.8. The molecule has 0 bridgehead atoms. The number of aromatic nitrogens is 4. The van der Waals surface area contributed by atoms with Crippen molar-refractivity contribution in [2.24, 2.45) is 0 Å². The normalized spacial score (nSPS) is 11.5. The maximum atomic E-state index is 6.83. The second-order valence-electron chi connectivity index (χ2n) is 11.0. The second kappa shape index (κ2) is 10.9. The molecule has 0 saturated carbocycles. The molecule has 3 heterocycles. The average Bonchev–Trinajstić information content (AvgIpc) is 3.75. The van der Waals surface area contributed by atoms with Crippen LogP contribution in [0.15, 0.2) is 150 Å². The van der Waals surface area contributed by atoms with Crippen LogP contribution in [0.5, 0.6) is 0 Å². The number of thiazole rings is 1. The molecule has 6 heteroatoms. The lowest BCUT2D eigenvalue weighted by Crippen LogP contribution is -2.00. The van der Waals surface area contributed by atoms with Gasteiger partial charge in [0.25, 0.3) is 0 Å². The minimum Gasteiger partial charge on any atom is -0.455 e. The zero-order chi connectivity index (χ0) is 30.5. The molecule has 9 aromatic rings. The minimum atomic E-state index is 0.563. The van der Waals surface area contributed by atoms with Crippen molar-refractivity contribution in [3.63, 3.8) is 0 Å². The van der Waals surface area contributed by atoms with E-state index in [1.165, 1.54) is 0 Å². The van der Waals surface area contributed by atoms with E-state index in [9.17, 15) is 0 Å². The van der Waals surface area contributed by atoms with Crippen molar-refractivity contribution in [2.75, 3.05) is 0 Å². The Hall–Kier alpha value is -5.98. The van der Waals surface area contributed by atoms with Crippen LogP contribution in [0.25, 0.3) is 88.0 Å². The highest BCUT2D eigenvalue weighted by atomic mass is 32.1. The summed E-state index contributed by atoms with van der Waals surface area (Å²) in [6.07, 6.45) is 0. The van der Waals surface area contributed by atoms with Gasteiger partial charge in [0.2, 0.25) is 0 Å². The number of hydrogen-bond donors (Lipinski definition) is 0. The maximum Gasteiger partial charge on any atom is 0.167 e. The summed E-state index contributed by atoms with van der Waals surface area (Å²) in [6, 6.07) is 49.2. The van der Waals surface area contributed by atoms with Crippen LogP contribution in [0.3, 0.4) is 0 Å². The largest absolute Gasteiger partial charge is 0.455 e. The van der Waals surface area contributed by atoms with Crippen molar-refractivity contribution in [1.29, 1.82) is 0 Å². The van der Waals surface area contributed by atoms with Crippen LogP contribution in [-0.4, -0.2) is 19.9 Å². The van der Waals surface area contributed by atoms with Crippen LogP contribution < -0.4 is 0 Å². The van der Waals surface area contributed by atoms with E-state index in [0.717, 1.165) is 70.5 Å². The lowest BCUT2D eigenvalue weighted by atomic mass is 10.0. The van der Waals surface area contributed by atoms with Gasteiger partial charge in [-0.05, 0) is 12.1 Å². The van der Waals surface area contributed by atoms with Gasteiger partial charge in [-0.1, -0.05) is 133 Å². The Morgan fingerprint density at radius 2 is 0.891 bits per heavy atom. The lowest BCUT2D eigenvalue weighted by Gasteiger charge is -2.08. The van der Waals surface area contributed by atoms with Crippen LogP contribution in [0.1, 0.15) is 0 Å². The fourth-order valence-corrected chi connectivity index (χ4v) is 7.01. The minimum absolute atomic E-state index is 0.563. The van der Waals surface area contributed by atoms with E-state index in [1.807, 2.05) is 91.0 Å². The molecule has 0 radical (unpaired) electrons. The summed E-state index contributed by atoms with van der Waals surface area (Å²) in [5.74, 6) is 1.79. The van der Waals surface area contributed by atoms with Crippen LogP contribution in [0, 0.1) is 0 Å². The van der Waals surface area contributed by atoms with Crippen molar-refractivity contribution in [3.8, 4) is 55.9 Å². The van der Waals surface area contributed by atoms with Gasteiger partial charge >= 0.3 is 0 Å². The summed E-state index contributed by atoms with van der Waals surface area (Å²) in [5, 5.41) is 3.04. The summed E-state index contributed by atoms with van der Waals surface area (Å²) < 4.78 is 7.97. The Morgan fingerprint density at radius 3 is 1.52 bits per heavy atom. The number of nitrogens with zero attached hydrogens (tertiary/aromatic N) is 4. The highest BCUT2D eigenvalue weighted by Gasteiger charge is 2.20. The number of hydrogen-bond acceptors (Lipinski definition) is 6. The topological polar surface area (TPSA) is 64.7 Å². The maximum absolute atomic E-state index is 6.83.